The normalized spacial score (nSPS) is 28.6. The number of hydrogen-bond donors (Lipinski definition) is 0. The number of benzene rings is 1. The first-order valence-electron chi connectivity index (χ1n) is 6.29. The van der Waals surface area contributed by atoms with Crippen molar-refractivity contribution in [2.24, 2.45) is 11.3 Å². The van der Waals surface area contributed by atoms with Gasteiger partial charge in [-0.1, -0.05) is 31.9 Å². The first-order valence-corrected chi connectivity index (χ1v) is 6.29. The number of hydrogen-bond acceptors (Lipinski definition) is 1. The number of nitrogens with zero attached hydrogens (tertiary/aromatic N) is 1. The van der Waals surface area contributed by atoms with E-state index in [0.29, 0.717) is 5.92 Å². The first-order chi connectivity index (χ1) is 8.13. The van der Waals surface area contributed by atoms with E-state index in [-0.39, 0.29) is 11.2 Å². The van der Waals surface area contributed by atoms with Crippen LogP contribution in [0.2, 0.25) is 0 Å². The Labute approximate surface area is 102 Å². The lowest BCUT2D eigenvalue weighted by Crippen LogP contribution is -2.28. The van der Waals surface area contributed by atoms with Crippen molar-refractivity contribution < 1.29 is 4.39 Å². The first kappa shape index (κ1) is 12.1. The zero-order valence-electron chi connectivity index (χ0n) is 10.2. The molecule has 0 aromatic heterocycles. The summed E-state index contributed by atoms with van der Waals surface area (Å²) in [4.78, 5) is 0. The Bertz CT molecular complexity index is 418. The highest BCUT2D eigenvalue weighted by atomic mass is 19.1. The molecule has 0 bridgehead atoms. The summed E-state index contributed by atoms with van der Waals surface area (Å²) in [5, 5.41) is 9.45. The Morgan fingerprint density at radius 1 is 1.41 bits per heavy atom. The van der Waals surface area contributed by atoms with E-state index in [1.54, 1.807) is 12.1 Å². The molecule has 1 aromatic rings. The van der Waals surface area contributed by atoms with Crippen LogP contribution in [0, 0.1) is 28.5 Å². The van der Waals surface area contributed by atoms with Crippen LogP contribution in [0.4, 0.5) is 4.39 Å². The molecule has 0 saturated heterocycles. The molecule has 0 heterocycles. The molecule has 1 aliphatic carbocycles. The van der Waals surface area contributed by atoms with Gasteiger partial charge in [0.25, 0.3) is 0 Å². The van der Waals surface area contributed by atoms with Crippen LogP contribution in [-0.4, -0.2) is 0 Å². The molecule has 2 atom stereocenters. The Morgan fingerprint density at radius 2 is 2.12 bits per heavy atom. The van der Waals surface area contributed by atoms with E-state index in [1.807, 2.05) is 0 Å². The monoisotopic (exact) mass is 231 g/mol. The summed E-state index contributed by atoms with van der Waals surface area (Å²) in [7, 11) is 0. The summed E-state index contributed by atoms with van der Waals surface area (Å²) in [5.41, 5.74) is 0.845. The van der Waals surface area contributed by atoms with Gasteiger partial charge >= 0.3 is 0 Å². The molecular weight excluding hydrogens is 213 g/mol. The molecule has 1 aromatic carbocycles. The largest absolute Gasteiger partial charge is 0.207 e. The Hall–Kier alpha value is -1.36. The molecule has 0 radical (unpaired) electrons. The molecule has 1 aliphatic rings. The molecule has 17 heavy (non-hydrogen) atoms. The summed E-state index contributed by atoms with van der Waals surface area (Å²) < 4.78 is 12.8. The fourth-order valence-corrected chi connectivity index (χ4v) is 2.95. The molecule has 1 fully saturated rings. The Kier molecular flexibility index (Phi) is 3.47. The van der Waals surface area contributed by atoms with Gasteiger partial charge in [0.1, 0.15) is 5.82 Å². The average Bonchev–Trinajstić information content (AvgIpc) is 2.32. The van der Waals surface area contributed by atoms with Gasteiger partial charge < -0.3 is 0 Å². The van der Waals surface area contributed by atoms with Crippen molar-refractivity contribution in [3.63, 3.8) is 0 Å². The maximum Gasteiger partial charge on any atom is 0.123 e. The number of nitriles is 1. The molecule has 1 nitrogen and oxygen atoms in total. The van der Waals surface area contributed by atoms with Crippen LogP contribution >= 0.6 is 0 Å². The molecule has 0 aliphatic heterocycles. The maximum absolute atomic E-state index is 12.8. The van der Waals surface area contributed by atoms with Gasteiger partial charge in [0.05, 0.1) is 11.5 Å². The van der Waals surface area contributed by atoms with E-state index in [9.17, 15) is 9.65 Å². The lowest BCUT2D eigenvalue weighted by atomic mass is 9.68. The van der Waals surface area contributed by atoms with E-state index < -0.39 is 0 Å². The number of rotatable bonds is 2. The molecular formula is C15H18FN. The summed E-state index contributed by atoms with van der Waals surface area (Å²) in [6, 6.07) is 9.07. The highest BCUT2D eigenvalue weighted by molar-refractivity contribution is 5.20. The van der Waals surface area contributed by atoms with Crippen molar-refractivity contribution in [1.82, 2.24) is 0 Å². The minimum Gasteiger partial charge on any atom is -0.207 e. The van der Waals surface area contributed by atoms with Gasteiger partial charge in [-0.2, -0.15) is 5.26 Å². The standard InChI is InChI=1S/C15H18FN/c1-12-3-2-8-15(9-12,11-17)10-13-4-6-14(16)7-5-13/h4-7,12H,2-3,8-10H2,1H3. The highest BCUT2D eigenvalue weighted by Gasteiger charge is 2.35. The van der Waals surface area contributed by atoms with Crippen LogP contribution in [0.1, 0.15) is 38.2 Å². The van der Waals surface area contributed by atoms with Crippen molar-refractivity contribution in [2.45, 2.75) is 39.0 Å². The zero-order chi connectivity index (χ0) is 12.3. The summed E-state index contributed by atoms with van der Waals surface area (Å²) in [6.07, 6.45) is 5.07. The van der Waals surface area contributed by atoms with Crippen molar-refractivity contribution in [1.29, 1.82) is 5.26 Å². The SMILES string of the molecule is CC1CCCC(C#N)(Cc2ccc(F)cc2)C1. The lowest BCUT2D eigenvalue weighted by molar-refractivity contribution is 0.209. The number of halogens is 1. The van der Waals surface area contributed by atoms with Crippen molar-refractivity contribution in [2.75, 3.05) is 0 Å². The third-order valence-electron chi connectivity index (χ3n) is 3.78. The Morgan fingerprint density at radius 3 is 2.71 bits per heavy atom. The van der Waals surface area contributed by atoms with Gasteiger partial charge in [-0.25, -0.2) is 4.39 Å². The van der Waals surface area contributed by atoms with Crippen LogP contribution in [0.5, 0.6) is 0 Å². The van der Waals surface area contributed by atoms with E-state index >= 15 is 0 Å². The molecule has 0 spiro atoms. The van der Waals surface area contributed by atoms with Gasteiger partial charge in [0, 0.05) is 0 Å². The molecule has 2 unspecified atom stereocenters. The van der Waals surface area contributed by atoms with Crippen LogP contribution < -0.4 is 0 Å². The van der Waals surface area contributed by atoms with Crippen LogP contribution in [0.15, 0.2) is 24.3 Å². The van der Waals surface area contributed by atoms with Crippen molar-refractivity contribution in [3.8, 4) is 6.07 Å². The maximum atomic E-state index is 12.8. The fraction of sp³-hybridized carbons (Fsp3) is 0.533. The summed E-state index contributed by atoms with van der Waals surface area (Å²) in [6.45, 7) is 2.22. The van der Waals surface area contributed by atoms with E-state index in [0.717, 1.165) is 31.2 Å². The highest BCUT2D eigenvalue weighted by Crippen LogP contribution is 2.41. The molecule has 0 amide bonds. The van der Waals surface area contributed by atoms with Gasteiger partial charge in [-0.3, -0.25) is 0 Å². The topological polar surface area (TPSA) is 23.8 Å². The molecule has 2 rings (SSSR count). The molecule has 0 N–H and O–H groups in total. The summed E-state index contributed by atoms with van der Waals surface area (Å²) >= 11 is 0. The van der Waals surface area contributed by atoms with Crippen LogP contribution in [0.25, 0.3) is 0 Å². The second-order valence-corrected chi connectivity index (χ2v) is 5.40. The van der Waals surface area contributed by atoms with Gasteiger partial charge in [0.2, 0.25) is 0 Å². The van der Waals surface area contributed by atoms with E-state index in [2.05, 4.69) is 13.0 Å². The lowest BCUT2D eigenvalue weighted by Gasteiger charge is -2.34. The fourth-order valence-electron chi connectivity index (χ4n) is 2.95. The van der Waals surface area contributed by atoms with Crippen LogP contribution in [-0.2, 0) is 6.42 Å². The Balaban J connectivity index is 2.14. The van der Waals surface area contributed by atoms with Crippen molar-refractivity contribution >= 4 is 0 Å². The second-order valence-electron chi connectivity index (χ2n) is 5.40. The zero-order valence-corrected chi connectivity index (χ0v) is 10.2. The molecule has 2 heteroatoms. The third-order valence-corrected chi connectivity index (χ3v) is 3.78. The third kappa shape index (κ3) is 2.85. The average molecular weight is 231 g/mol. The summed E-state index contributed by atoms with van der Waals surface area (Å²) in [5.74, 6) is 0.417. The minimum absolute atomic E-state index is 0.211. The van der Waals surface area contributed by atoms with Gasteiger partial charge in [0.15, 0.2) is 0 Å². The predicted octanol–water partition coefficient (Wildman–Crippen LogP) is 4.09. The molecule has 1 saturated carbocycles. The molecule has 90 valence electrons. The smallest absolute Gasteiger partial charge is 0.123 e. The van der Waals surface area contributed by atoms with Gasteiger partial charge in [-0.15, -0.1) is 0 Å². The van der Waals surface area contributed by atoms with Crippen LogP contribution in [0.3, 0.4) is 0 Å². The van der Waals surface area contributed by atoms with Gasteiger partial charge in [-0.05, 0) is 42.9 Å². The van der Waals surface area contributed by atoms with E-state index in [4.69, 9.17) is 0 Å². The van der Waals surface area contributed by atoms with Crippen molar-refractivity contribution in [3.05, 3.63) is 35.6 Å². The predicted molar refractivity (Wildman–Crippen MR) is 65.8 cm³/mol. The van der Waals surface area contributed by atoms with E-state index in [1.165, 1.54) is 18.6 Å². The second kappa shape index (κ2) is 4.87. The quantitative estimate of drug-likeness (QED) is 0.752. The minimum atomic E-state index is -0.227.